The molecule has 2 aromatic rings. The Morgan fingerprint density at radius 2 is 1.95 bits per heavy atom. The van der Waals surface area contributed by atoms with Crippen LogP contribution < -0.4 is 10.6 Å². The second kappa shape index (κ2) is 6.10. The van der Waals surface area contributed by atoms with Gasteiger partial charge in [-0.05, 0) is 12.1 Å². The van der Waals surface area contributed by atoms with E-state index in [1.54, 1.807) is 28.7 Å². The Morgan fingerprint density at radius 3 is 2.55 bits per heavy atom. The molecule has 0 saturated carbocycles. The van der Waals surface area contributed by atoms with E-state index >= 15 is 0 Å². The van der Waals surface area contributed by atoms with Gasteiger partial charge in [0.1, 0.15) is 0 Å². The number of carbonyl (C=O) groups excluding carboxylic acids is 2. The van der Waals surface area contributed by atoms with E-state index < -0.39 is 5.91 Å². The first-order chi connectivity index (χ1) is 10.6. The molecule has 0 bridgehead atoms. The van der Waals surface area contributed by atoms with Gasteiger partial charge >= 0.3 is 0 Å². The van der Waals surface area contributed by atoms with E-state index in [1.165, 1.54) is 11.3 Å². The van der Waals surface area contributed by atoms with Crippen LogP contribution in [0, 0.1) is 0 Å². The number of nitrogens with zero attached hydrogens (tertiary/aromatic N) is 4. The summed E-state index contributed by atoms with van der Waals surface area (Å²) in [5.41, 5.74) is 6.61. The molecule has 1 fully saturated rings. The maximum absolute atomic E-state index is 12.4. The lowest BCUT2D eigenvalue weighted by atomic mass is 10.2. The van der Waals surface area contributed by atoms with Crippen LogP contribution in [0.2, 0.25) is 0 Å². The summed E-state index contributed by atoms with van der Waals surface area (Å²) in [5.74, 6) is -0.560. The van der Waals surface area contributed by atoms with Crippen molar-refractivity contribution >= 4 is 28.8 Å². The van der Waals surface area contributed by atoms with Crippen LogP contribution in [-0.4, -0.2) is 53.1 Å². The van der Waals surface area contributed by atoms with Gasteiger partial charge in [-0.25, -0.2) is 0 Å². The summed E-state index contributed by atoms with van der Waals surface area (Å²) >= 11 is 1.25. The van der Waals surface area contributed by atoms with Gasteiger partial charge in [0.25, 0.3) is 5.91 Å². The molecule has 0 atom stereocenters. The number of piperazine rings is 1. The minimum Gasteiger partial charge on any atom is -0.367 e. The smallest absolute Gasteiger partial charge is 0.264 e. The van der Waals surface area contributed by atoms with Crippen LogP contribution in [0.3, 0.4) is 0 Å². The molecule has 2 aromatic heterocycles. The predicted molar refractivity (Wildman–Crippen MR) is 83.0 cm³/mol. The third-order valence-corrected chi connectivity index (χ3v) is 4.51. The summed E-state index contributed by atoms with van der Waals surface area (Å²) in [7, 11) is 0. The van der Waals surface area contributed by atoms with Crippen molar-refractivity contribution in [1.82, 2.24) is 15.1 Å². The Kier molecular flexibility index (Phi) is 4.01. The number of amides is 2. The molecule has 7 nitrogen and oxygen atoms in total. The highest BCUT2D eigenvalue weighted by Crippen LogP contribution is 2.19. The van der Waals surface area contributed by atoms with E-state index in [0.717, 1.165) is 18.8 Å². The molecule has 1 aliphatic rings. The van der Waals surface area contributed by atoms with E-state index in [0.29, 0.717) is 23.5 Å². The van der Waals surface area contributed by atoms with Crippen molar-refractivity contribution in [3.8, 4) is 0 Å². The fraction of sp³-hybridized carbons (Fsp3) is 0.286. The number of aromatic nitrogens is 2. The molecule has 22 heavy (non-hydrogen) atoms. The first kappa shape index (κ1) is 14.5. The minimum atomic E-state index is -0.509. The van der Waals surface area contributed by atoms with Crippen LogP contribution in [0.5, 0.6) is 0 Å². The average molecular weight is 317 g/mol. The van der Waals surface area contributed by atoms with Crippen LogP contribution in [0.15, 0.2) is 29.9 Å². The van der Waals surface area contributed by atoms with Crippen LogP contribution in [0.4, 0.5) is 5.69 Å². The zero-order chi connectivity index (χ0) is 15.5. The monoisotopic (exact) mass is 317 g/mol. The van der Waals surface area contributed by atoms with Crippen molar-refractivity contribution in [1.29, 1.82) is 0 Å². The topological polar surface area (TPSA) is 92.4 Å². The molecule has 2 N–H and O–H groups in total. The van der Waals surface area contributed by atoms with E-state index in [4.69, 9.17) is 5.73 Å². The second-order valence-electron chi connectivity index (χ2n) is 4.94. The Labute approximate surface area is 131 Å². The standard InChI is InChI=1S/C14H15N5O2S/c15-13(20)10-7-12(22-9-10)14(21)19-5-3-18(4-6-19)11-1-2-16-17-8-11/h1-2,7-9H,3-6H2,(H2,15,20). The summed E-state index contributed by atoms with van der Waals surface area (Å²) in [6.07, 6.45) is 3.37. The van der Waals surface area contributed by atoms with Crippen LogP contribution in [0.25, 0.3) is 0 Å². The van der Waals surface area contributed by atoms with Gasteiger partial charge in [0.15, 0.2) is 0 Å². The molecule has 114 valence electrons. The summed E-state index contributed by atoms with van der Waals surface area (Å²) in [5, 5.41) is 9.25. The van der Waals surface area contributed by atoms with Gasteiger partial charge in [0.2, 0.25) is 5.91 Å². The van der Waals surface area contributed by atoms with E-state index in [1.807, 2.05) is 6.07 Å². The van der Waals surface area contributed by atoms with Crippen molar-refractivity contribution in [3.05, 3.63) is 40.3 Å². The molecule has 0 aliphatic carbocycles. The van der Waals surface area contributed by atoms with Crippen molar-refractivity contribution < 1.29 is 9.59 Å². The fourth-order valence-electron chi connectivity index (χ4n) is 2.37. The number of nitrogens with two attached hydrogens (primary N) is 1. The van der Waals surface area contributed by atoms with Crippen molar-refractivity contribution in [2.75, 3.05) is 31.1 Å². The van der Waals surface area contributed by atoms with Gasteiger partial charge in [-0.15, -0.1) is 11.3 Å². The summed E-state index contributed by atoms with van der Waals surface area (Å²) in [6.45, 7) is 2.74. The molecule has 1 aliphatic heterocycles. The summed E-state index contributed by atoms with van der Waals surface area (Å²) in [4.78, 5) is 28.0. The van der Waals surface area contributed by atoms with Crippen molar-refractivity contribution in [3.63, 3.8) is 0 Å². The van der Waals surface area contributed by atoms with Gasteiger partial charge < -0.3 is 15.5 Å². The molecule has 8 heteroatoms. The van der Waals surface area contributed by atoms with E-state index in [9.17, 15) is 9.59 Å². The molecule has 3 heterocycles. The van der Waals surface area contributed by atoms with Gasteiger partial charge in [-0.3, -0.25) is 9.59 Å². The number of rotatable bonds is 3. The van der Waals surface area contributed by atoms with Crippen LogP contribution >= 0.6 is 11.3 Å². The number of primary amides is 1. The number of carbonyl (C=O) groups is 2. The third-order valence-electron chi connectivity index (χ3n) is 3.60. The SMILES string of the molecule is NC(=O)c1csc(C(=O)N2CCN(c3ccnnc3)CC2)c1. The fourth-order valence-corrected chi connectivity index (χ4v) is 3.23. The van der Waals surface area contributed by atoms with Crippen LogP contribution in [-0.2, 0) is 0 Å². The quantitative estimate of drug-likeness (QED) is 0.895. The molecule has 1 saturated heterocycles. The maximum atomic E-state index is 12.4. The lowest BCUT2D eigenvalue weighted by Crippen LogP contribution is -2.48. The zero-order valence-corrected chi connectivity index (χ0v) is 12.6. The summed E-state index contributed by atoms with van der Waals surface area (Å²) in [6, 6.07) is 3.47. The maximum Gasteiger partial charge on any atom is 0.264 e. The number of anilines is 1. The third kappa shape index (κ3) is 2.91. The van der Waals surface area contributed by atoms with Gasteiger partial charge in [0.05, 0.1) is 28.5 Å². The number of hydrogen-bond donors (Lipinski definition) is 1. The molecule has 0 radical (unpaired) electrons. The molecule has 3 rings (SSSR count). The highest BCUT2D eigenvalue weighted by molar-refractivity contribution is 7.12. The average Bonchev–Trinajstić information content (AvgIpc) is 3.05. The molecule has 0 spiro atoms. The van der Waals surface area contributed by atoms with Gasteiger partial charge in [-0.1, -0.05) is 0 Å². The molecule has 0 unspecified atom stereocenters. The number of hydrogen-bond acceptors (Lipinski definition) is 6. The first-order valence-corrected chi connectivity index (χ1v) is 7.72. The van der Waals surface area contributed by atoms with E-state index in [2.05, 4.69) is 15.1 Å². The Bertz CT molecular complexity index is 680. The minimum absolute atomic E-state index is 0.0509. The van der Waals surface area contributed by atoms with Crippen molar-refractivity contribution in [2.45, 2.75) is 0 Å². The molecule has 0 aromatic carbocycles. The normalized spacial score (nSPS) is 14.9. The molecular weight excluding hydrogens is 302 g/mol. The lowest BCUT2D eigenvalue weighted by molar-refractivity contribution is 0.0751. The van der Waals surface area contributed by atoms with E-state index in [-0.39, 0.29) is 5.91 Å². The second-order valence-corrected chi connectivity index (χ2v) is 5.86. The summed E-state index contributed by atoms with van der Waals surface area (Å²) < 4.78 is 0. The Balaban J connectivity index is 1.63. The highest BCUT2D eigenvalue weighted by Gasteiger charge is 2.23. The lowest BCUT2D eigenvalue weighted by Gasteiger charge is -2.35. The first-order valence-electron chi connectivity index (χ1n) is 6.84. The predicted octanol–water partition coefficient (Wildman–Crippen LogP) is 0.599. The molecular formula is C14H15N5O2S. The van der Waals surface area contributed by atoms with Crippen LogP contribution in [0.1, 0.15) is 20.0 Å². The Morgan fingerprint density at radius 1 is 1.18 bits per heavy atom. The zero-order valence-electron chi connectivity index (χ0n) is 11.8. The van der Waals surface area contributed by atoms with Crippen molar-refractivity contribution in [2.24, 2.45) is 5.73 Å². The highest BCUT2D eigenvalue weighted by atomic mass is 32.1. The van der Waals surface area contributed by atoms with Gasteiger partial charge in [-0.2, -0.15) is 10.2 Å². The Hall–Kier alpha value is -2.48. The molecule has 2 amide bonds. The largest absolute Gasteiger partial charge is 0.367 e. The number of thiophene rings is 1. The van der Waals surface area contributed by atoms with Gasteiger partial charge in [0, 0.05) is 31.6 Å².